The first kappa shape index (κ1) is 14.5. The fraction of sp³-hybridized carbons (Fsp3) is 0.357. The van der Waals surface area contributed by atoms with Gasteiger partial charge >= 0.3 is 0 Å². The summed E-state index contributed by atoms with van der Waals surface area (Å²) in [4.78, 5) is 31.4. The van der Waals surface area contributed by atoms with Gasteiger partial charge in [0, 0.05) is 24.0 Å². The molecule has 0 aliphatic carbocycles. The van der Waals surface area contributed by atoms with Crippen LogP contribution in [0.4, 0.5) is 0 Å². The lowest BCUT2D eigenvalue weighted by atomic mass is 10.2. The molecule has 20 heavy (non-hydrogen) atoms. The number of aromatic amines is 1. The maximum absolute atomic E-state index is 11.8. The second-order valence-corrected chi connectivity index (χ2v) is 5.81. The van der Waals surface area contributed by atoms with Crippen LogP contribution in [-0.4, -0.2) is 22.4 Å². The number of H-pyrrole nitrogens is 1. The highest BCUT2D eigenvalue weighted by molar-refractivity contribution is 7.11. The number of aromatic nitrogens is 2. The van der Waals surface area contributed by atoms with Crippen LogP contribution in [0.5, 0.6) is 0 Å². The quantitative estimate of drug-likeness (QED) is 0.825. The van der Waals surface area contributed by atoms with Crippen molar-refractivity contribution in [3.63, 3.8) is 0 Å². The predicted molar refractivity (Wildman–Crippen MR) is 79.3 cm³/mol. The number of thiazole rings is 1. The Hall–Kier alpha value is -1.95. The van der Waals surface area contributed by atoms with E-state index in [0.29, 0.717) is 6.54 Å². The molecular weight excluding hydrogens is 274 g/mol. The minimum absolute atomic E-state index is 0.147. The molecule has 106 valence electrons. The number of hydrogen-bond donors (Lipinski definition) is 2. The summed E-state index contributed by atoms with van der Waals surface area (Å²) < 4.78 is 0. The summed E-state index contributed by atoms with van der Waals surface area (Å²) in [5.41, 5.74) is 0.856. The van der Waals surface area contributed by atoms with Crippen LogP contribution in [0.25, 0.3) is 0 Å². The van der Waals surface area contributed by atoms with E-state index in [1.165, 1.54) is 17.1 Å². The Morgan fingerprint density at radius 1 is 1.45 bits per heavy atom. The van der Waals surface area contributed by atoms with Gasteiger partial charge in [-0.15, -0.1) is 11.3 Å². The van der Waals surface area contributed by atoms with Gasteiger partial charge in [-0.3, -0.25) is 9.59 Å². The van der Waals surface area contributed by atoms with Gasteiger partial charge < -0.3 is 10.3 Å². The average molecular weight is 291 g/mol. The standard InChI is InChI=1S/C14H17N3O2S/c1-9-10(2)20-12(17-9)6-4-8-16-14(19)11-5-3-7-15-13(11)18/h3,5,7H,4,6,8H2,1-2H3,(H,15,18)(H,16,19). The van der Waals surface area contributed by atoms with Gasteiger partial charge in [0.1, 0.15) is 5.56 Å². The third-order valence-corrected chi connectivity index (χ3v) is 4.12. The Bertz CT molecular complexity index is 641. The Balaban J connectivity index is 1.80. The molecule has 0 saturated heterocycles. The third-order valence-electron chi connectivity index (χ3n) is 2.99. The molecule has 0 saturated carbocycles. The number of nitrogens with one attached hydrogen (secondary N) is 2. The summed E-state index contributed by atoms with van der Waals surface area (Å²) in [6.45, 7) is 4.59. The van der Waals surface area contributed by atoms with Crippen LogP contribution in [0.3, 0.4) is 0 Å². The van der Waals surface area contributed by atoms with Gasteiger partial charge in [0.25, 0.3) is 11.5 Å². The van der Waals surface area contributed by atoms with E-state index in [1.807, 2.05) is 6.92 Å². The Morgan fingerprint density at radius 3 is 2.90 bits per heavy atom. The molecule has 2 heterocycles. The molecule has 0 radical (unpaired) electrons. The lowest BCUT2D eigenvalue weighted by Crippen LogP contribution is -2.30. The van der Waals surface area contributed by atoms with Crippen LogP contribution >= 0.6 is 11.3 Å². The van der Waals surface area contributed by atoms with Gasteiger partial charge in [-0.05, 0) is 32.4 Å². The van der Waals surface area contributed by atoms with E-state index in [1.54, 1.807) is 17.4 Å². The normalized spacial score (nSPS) is 10.5. The van der Waals surface area contributed by atoms with Crippen LogP contribution in [-0.2, 0) is 6.42 Å². The highest BCUT2D eigenvalue weighted by Crippen LogP contribution is 2.17. The van der Waals surface area contributed by atoms with Crippen molar-refractivity contribution < 1.29 is 4.79 Å². The number of carbonyl (C=O) groups excluding carboxylic acids is 1. The molecular formula is C14H17N3O2S. The van der Waals surface area contributed by atoms with Crippen LogP contribution < -0.4 is 10.9 Å². The van der Waals surface area contributed by atoms with E-state index in [-0.39, 0.29) is 17.0 Å². The molecule has 0 aliphatic rings. The van der Waals surface area contributed by atoms with Gasteiger partial charge in [0.05, 0.1) is 10.7 Å². The summed E-state index contributed by atoms with van der Waals surface area (Å²) >= 11 is 1.69. The molecule has 0 aromatic carbocycles. The number of pyridine rings is 1. The first-order chi connectivity index (χ1) is 9.58. The van der Waals surface area contributed by atoms with Crippen LogP contribution in [0.15, 0.2) is 23.1 Å². The SMILES string of the molecule is Cc1nc(CCCNC(=O)c2ccc[nH]c2=O)sc1C. The van der Waals surface area contributed by atoms with Crippen molar-refractivity contribution >= 4 is 17.2 Å². The van der Waals surface area contributed by atoms with Gasteiger partial charge in [-0.1, -0.05) is 0 Å². The van der Waals surface area contributed by atoms with Crippen LogP contribution in [0.2, 0.25) is 0 Å². The van der Waals surface area contributed by atoms with Crippen molar-refractivity contribution in [1.29, 1.82) is 0 Å². The second kappa shape index (κ2) is 6.47. The molecule has 0 unspecified atom stereocenters. The van der Waals surface area contributed by atoms with Crippen molar-refractivity contribution in [2.45, 2.75) is 26.7 Å². The third kappa shape index (κ3) is 3.54. The van der Waals surface area contributed by atoms with Crippen LogP contribution in [0, 0.1) is 13.8 Å². The highest BCUT2D eigenvalue weighted by atomic mass is 32.1. The summed E-state index contributed by atoms with van der Waals surface area (Å²) in [7, 11) is 0. The number of amides is 1. The zero-order valence-electron chi connectivity index (χ0n) is 11.5. The van der Waals surface area contributed by atoms with Crippen molar-refractivity contribution in [3.05, 3.63) is 49.8 Å². The van der Waals surface area contributed by atoms with Gasteiger partial charge in [-0.2, -0.15) is 0 Å². The van der Waals surface area contributed by atoms with Crippen LogP contribution in [0.1, 0.15) is 32.4 Å². The summed E-state index contributed by atoms with van der Waals surface area (Å²) in [5, 5.41) is 3.84. The molecule has 5 nitrogen and oxygen atoms in total. The fourth-order valence-corrected chi connectivity index (χ4v) is 2.76. The molecule has 0 aliphatic heterocycles. The largest absolute Gasteiger partial charge is 0.352 e. The minimum Gasteiger partial charge on any atom is -0.352 e. The highest BCUT2D eigenvalue weighted by Gasteiger charge is 2.09. The Kier molecular flexibility index (Phi) is 4.68. The second-order valence-electron chi connectivity index (χ2n) is 4.52. The maximum atomic E-state index is 11.8. The van der Waals surface area contributed by atoms with Gasteiger partial charge in [0.15, 0.2) is 0 Å². The van der Waals surface area contributed by atoms with Crippen molar-refractivity contribution in [3.8, 4) is 0 Å². The number of aryl methyl sites for hydroxylation is 3. The van der Waals surface area contributed by atoms with E-state index in [2.05, 4.69) is 22.2 Å². The number of carbonyl (C=O) groups is 1. The fourth-order valence-electron chi connectivity index (χ4n) is 1.78. The molecule has 2 rings (SSSR count). The zero-order valence-corrected chi connectivity index (χ0v) is 12.3. The van der Waals surface area contributed by atoms with E-state index in [0.717, 1.165) is 23.5 Å². The number of hydrogen-bond acceptors (Lipinski definition) is 4. The summed E-state index contributed by atoms with van der Waals surface area (Å²) in [5.74, 6) is -0.335. The first-order valence-electron chi connectivity index (χ1n) is 6.46. The number of nitrogens with zero attached hydrogens (tertiary/aromatic N) is 1. The van der Waals surface area contributed by atoms with E-state index in [4.69, 9.17) is 0 Å². The van der Waals surface area contributed by atoms with Crippen molar-refractivity contribution in [2.75, 3.05) is 6.54 Å². The lowest BCUT2D eigenvalue weighted by Gasteiger charge is -2.03. The average Bonchev–Trinajstić information content (AvgIpc) is 2.74. The molecule has 0 spiro atoms. The molecule has 2 N–H and O–H groups in total. The minimum atomic E-state index is -0.365. The summed E-state index contributed by atoms with van der Waals surface area (Å²) in [6.07, 6.45) is 3.15. The Labute approximate surface area is 121 Å². The van der Waals surface area contributed by atoms with E-state index < -0.39 is 0 Å². The van der Waals surface area contributed by atoms with Crippen molar-refractivity contribution in [1.82, 2.24) is 15.3 Å². The first-order valence-corrected chi connectivity index (χ1v) is 7.28. The molecule has 1 amide bonds. The monoisotopic (exact) mass is 291 g/mol. The van der Waals surface area contributed by atoms with E-state index >= 15 is 0 Å². The number of rotatable bonds is 5. The lowest BCUT2D eigenvalue weighted by molar-refractivity contribution is 0.0951. The topological polar surface area (TPSA) is 74.8 Å². The van der Waals surface area contributed by atoms with Crippen molar-refractivity contribution in [2.24, 2.45) is 0 Å². The zero-order chi connectivity index (χ0) is 14.5. The molecule has 2 aromatic rings. The molecule has 2 aromatic heterocycles. The van der Waals surface area contributed by atoms with E-state index in [9.17, 15) is 9.59 Å². The summed E-state index contributed by atoms with van der Waals surface area (Å²) in [6, 6.07) is 3.15. The Morgan fingerprint density at radius 2 is 2.25 bits per heavy atom. The maximum Gasteiger partial charge on any atom is 0.260 e. The van der Waals surface area contributed by atoms with Gasteiger partial charge in [-0.25, -0.2) is 4.98 Å². The molecule has 0 bridgehead atoms. The molecule has 6 heteroatoms. The molecule has 0 atom stereocenters. The van der Waals surface area contributed by atoms with Gasteiger partial charge in [0.2, 0.25) is 0 Å². The smallest absolute Gasteiger partial charge is 0.260 e. The molecule has 0 fully saturated rings. The predicted octanol–water partition coefficient (Wildman–Crippen LogP) is 1.81.